The second-order valence-electron chi connectivity index (χ2n) is 4.00. The number of carbonyl (C=O) groups is 1. The van der Waals surface area contributed by atoms with E-state index in [4.69, 9.17) is 0 Å². The maximum atomic E-state index is 11.9. The fourth-order valence-electron chi connectivity index (χ4n) is 1.89. The topological polar surface area (TPSA) is 41.1 Å². The van der Waals surface area contributed by atoms with Gasteiger partial charge in [-0.2, -0.15) is 23.5 Å². The van der Waals surface area contributed by atoms with Crippen LogP contribution in [0.3, 0.4) is 0 Å². The predicted octanol–water partition coefficient (Wildman–Crippen LogP) is 0.703. The first-order valence-electron chi connectivity index (χ1n) is 5.55. The van der Waals surface area contributed by atoms with Crippen molar-refractivity contribution >= 4 is 29.4 Å². The van der Waals surface area contributed by atoms with Crippen molar-refractivity contribution in [1.82, 2.24) is 10.6 Å². The summed E-state index contributed by atoms with van der Waals surface area (Å²) in [6.07, 6.45) is 2.39. The summed E-state index contributed by atoms with van der Waals surface area (Å²) in [5.41, 5.74) is 0. The lowest BCUT2D eigenvalue weighted by Gasteiger charge is -2.27. The largest absolute Gasteiger partial charge is 0.351 e. The summed E-state index contributed by atoms with van der Waals surface area (Å²) in [6, 6.07) is 0.445. The van der Waals surface area contributed by atoms with Crippen LogP contribution in [0.2, 0.25) is 0 Å². The Balaban J connectivity index is 1.74. The van der Waals surface area contributed by atoms with E-state index in [1.807, 2.05) is 23.5 Å². The molecule has 1 amide bonds. The SMILES string of the molecule is O=C(NC1CCCSC1)C1CSCCN1. The Hall–Kier alpha value is 0.130. The highest BCUT2D eigenvalue weighted by Crippen LogP contribution is 2.17. The van der Waals surface area contributed by atoms with Gasteiger partial charge in [0.2, 0.25) is 5.91 Å². The maximum absolute atomic E-state index is 11.9. The Labute approximate surface area is 99.5 Å². The molecule has 2 aliphatic rings. The molecule has 2 atom stereocenters. The molecule has 0 radical (unpaired) electrons. The van der Waals surface area contributed by atoms with Crippen LogP contribution in [0.25, 0.3) is 0 Å². The average molecular weight is 246 g/mol. The summed E-state index contributed by atoms with van der Waals surface area (Å²) >= 11 is 3.82. The van der Waals surface area contributed by atoms with Gasteiger partial charge < -0.3 is 10.6 Å². The highest BCUT2D eigenvalue weighted by Gasteiger charge is 2.23. The molecule has 5 heteroatoms. The molecule has 2 rings (SSSR count). The zero-order valence-corrected chi connectivity index (χ0v) is 10.5. The Morgan fingerprint density at radius 2 is 2.13 bits per heavy atom. The van der Waals surface area contributed by atoms with Gasteiger partial charge in [-0.1, -0.05) is 0 Å². The van der Waals surface area contributed by atoms with Gasteiger partial charge in [0.05, 0.1) is 6.04 Å². The summed E-state index contributed by atoms with van der Waals surface area (Å²) in [6.45, 7) is 0.960. The van der Waals surface area contributed by atoms with Crippen LogP contribution in [-0.2, 0) is 4.79 Å². The Bertz CT molecular complexity index is 213. The minimum absolute atomic E-state index is 0.0377. The van der Waals surface area contributed by atoms with Crippen molar-refractivity contribution in [3.63, 3.8) is 0 Å². The summed E-state index contributed by atoms with van der Waals surface area (Å²) < 4.78 is 0. The summed E-state index contributed by atoms with van der Waals surface area (Å²) in [5.74, 6) is 4.60. The third-order valence-corrected chi connectivity index (χ3v) is 5.02. The van der Waals surface area contributed by atoms with Gasteiger partial charge in [-0.05, 0) is 18.6 Å². The Morgan fingerprint density at radius 1 is 1.27 bits per heavy atom. The number of carbonyl (C=O) groups excluding carboxylic acids is 1. The molecule has 0 aliphatic carbocycles. The summed E-state index contributed by atoms with van der Waals surface area (Å²) in [5, 5.41) is 6.42. The molecular formula is C10H18N2OS2. The number of hydrogen-bond acceptors (Lipinski definition) is 4. The molecule has 3 nitrogen and oxygen atoms in total. The molecule has 15 heavy (non-hydrogen) atoms. The Morgan fingerprint density at radius 3 is 2.80 bits per heavy atom. The minimum atomic E-state index is 0.0377. The number of nitrogens with one attached hydrogen (secondary N) is 2. The third kappa shape index (κ3) is 3.57. The van der Waals surface area contributed by atoms with E-state index in [9.17, 15) is 4.79 Å². The first-order chi connectivity index (χ1) is 7.36. The smallest absolute Gasteiger partial charge is 0.238 e. The molecule has 2 unspecified atom stereocenters. The molecule has 2 aliphatic heterocycles. The monoisotopic (exact) mass is 246 g/mol. The first-order valence-corrected chi connectivity index (χ1v) is 7.86. The molecule has 0 aromatic carbocycles. The molecule has 2 fully saturated rings. The van der Waals surface area contributed by atoms with Gasteiger partial charge in [0, 0.05) is 29.8 Å². The molecule has 2 N–H and O–H groups in total. The van der Waals surface area contributed by atoms with Gasteiger partial charge in [0.25, 0.3) is 0 Å². The average Bonchev–Trinajstić information content (AvgIpc) is 2.31. The van der Waals surface area contributed by atoms with Crippen LogP contribution in [-0.4, -0.2) is 47.5 Å². The van der Waals surface area contributed by atoms with E-state index in [0.29, 0.717) is 6.04 Å². The number of hydrogen-bond donors (Lipinski definition) is 2. The van der Waals surface area contributed by atoms with Gasteiger partial charge in [-0.25, -0.2) is 0 Å². The standard InChI is InChI=1S/C10H18N2OS2/c13-10(9-7-15-5-3-11-9)12-8-2-1-4-14-6-8/h8-9,11H,1-7H2,(H,12,13). The van der Waals surface area contributed by atoms with Gasteiger partial charge >= 0.3 is 0 Å². The van der Waals surface area contributed by atoms with E-state index in [0.717, 1.165) is 30.2 Å². The van der Waals surface area contributed by atoms with Crippen LogP contribution < -0.4 is 10.6 Å². The highest BCUT2D eigenvalue weighted by molar-refractivity contribution is 7.99. The molecule has 0 spiro atoms. The zero-order chi connectivity index (χ0) is 10.5. The van der Waals surface area contributed by atoms with Crippen molar-refractivity contribution < 1.29 is 4.79 Å². The van der Waals surface area contributed by atoms with E-state index in [1.54, 1.807) is 0 Å². The van der Waals surface area contributed by atoms with Crippen molar-refractivity contribution in [2.24, 2.45) is 0 Å². The fourth-order valence-corrected chi connectivity index (χ4v) is 3.90. The Kier molecular flexibility index (Phi) is 4.65. The second kappa shape index (κ2) is 6.01. The van der Waals surface area contributed by atoms with Gasteiger partial charge in [0.1, 0.15) is 0 Å². The first kappa shape index (κ1) is 11.6. The summed E-state index contributed by atoms with van der Waals surface area (Å²) in [7, 11) is 0. The van der Waals surface area contributed by atoms with Crippen molar-refractivity contribution in [2.75, 3.05) is 29.6 Å². The van der Waals surface area contributed by atoms with Crippen LogP contribution >= 0.6 is 23.5 Å². The zero-order valence-electron chi connectivity index (χ0n) is 8.83. The minimum Gasteiger partial charge on any atom is -0.351 e. The maximum Gasteiger partial charge on any atom is 0.238 e. The van der Waals surface area contributed by atoms with Gasteiger partial charge in [-0.15, -0.1) is 0 Å². The second-order valence-corrected chi connectivity index (χ2v) is 6.30. The van der Waals surface area contributed by atoms with E-state index in [1.165, 1.54) is 12.2 Å². The normalized spacial score (nSPS) is 32.3. The van der Waals surface area contributed by atoms with Crippen molar-refractivity contribution in [3.8, 4) is 0 Å². The van der Waals surface area contributed by atoms with Crippen LogP contribution in [0.5, 0.6) is 0 Å². The lowest BCUT2D eigenvalue weighted by atomic mass is 10.1. The van der Waals surface area contributed by atoms with E-state index in [2.05, 4.69) is 10.6 Å². The molecular weight excluding hydrogens is 228 g/mol. The van der Waals surface area contributed by atoms with Crippen LogP contribution in [0.4, 0.5) is 0 Å². The predicted molar refractivity (Wildman–Crippen MR) is 67.6 cm³/mol. The fraction of sp³-hybridized carbons (Fsp3) is 0.900. The number of thioether (sulfide) groups is 2. The molecule has 0 aromatic rings. The van der Waals surface area contributed by atoms with Crippen molar-refractivity contribution in [1.29, 1.82) is 0 Å². The third-order valence-electron chi connectivity index (χ3n) is 2.74. The molecule has 2 heterocycles. The van der Waals surface area contributed by atoms with Crippen LogP contribution in [0.1, 0.15) is 12.8 Å². The van der Waals surface area contributed by atoms with Crippen LogP contribution in [0, 0.1) is 0 Å². The van der Waals surface area contributed by atoms with Crippen molar-refractivity contribution in [3.05, 3.63) is 0 Å². The number of rotatable bonds is 2. The quantitative estimate of drug-likeness (QED) is 0.753. The number of amides is 1. The van der Waals surface area contributed by atoms with Gasteiger partial charge in [0.15, 0.2) is 0 Å². The molecule has 2 saturated heterocycles. The van der Waals surface area contributed by atoms with Crippen LogP contribution in [0.15, 0.2) is 0 Å². The molecule has 0 saturated carbocycles. The van der Waals surface area contributed by atoms with Crippen molar-refractivity contribution in [2.45, 2.75) is 24.9 Å². The van der Waals surface area contributed by atoms with Gasteiger partial charge in [-0.3, -0.25) is 4.79 Å². The van der Waals surface area contributed by atoms with E-state index < -0.39 is 0 Å². The summed E-state index contributed by atoms with van der Waals surface area (Å²) in [4.78, 5) is 11.9. The molecule has 0 bridgehead atoms. The highest BCUT2D eigenvalue weighted by atomic mass is 32.2. The lowest BCUT2D eigenvalue weighted by molar-refractivity contribution is -0.123. The lowest BCUT2D eigenvalue weighted by Crippen LogP contribution is -2.52. The van der Waals surface area contributed by atoms with E-state index in [-0.39, 0.29) is 11.9 Å². The van der Waals surface area contributed by atoms with E-state index >= 15 is 0 Å². The molecule has 0 aromatic heterocycles. The molecule has 86 valence electrons.